The van der Waals surface area contributed by atoms with Gasteiger partial charge in [0, 0.05) is 0 Å². The summed E-state index contributed by atoms with van der Waals surface area (Å²) in [4.78, 5) is 9.41. The lowest BCUT2D eigenvalue weighted by atomic mass is 10.4. The molecule has 0 saturated carbocycles. The van der Waals surface area contributed by atoms with Gasteiger partial charge >= 0.3 is 11.9 Å². The van der Waals surface area contributed by atoms with Crippen molar-refractivity contribution in [1.29, 1.82) is 0 Å². The molecule has 1 unspecified atom stereocenters. The van der Waals surface area contributed by atoms with Gasteiger partial charge in [0.15, 0.2) is 6.10 Å². The van der Waals surface area contributed by atoms with E-state index in [1.165, 1.54) is 0 Å². The van der Waals surface area contributed by atoms with Crippen LogP contribution in [0.15, 0.2) is 6.20 Å². The van der Waals surface area contributed by atoms with Gasteiger partial charge in [0.05, 0.1) is 4.92 Å². The number of ether oxygens (including phenoxy) is 1. The van der Waals surface area contributed by atoms with Crippen LogP contribution in [-0.2, 0) is 0 Å². The third-order valence-corrected chi connectivity index (χ3v) is 1.54. The molecule has 1 aromatic heterocycles. The van der Waals surface area contributed by atoms with Gasteiger partial charge < -0.3 is 4.74 Å². The van der Waals surface area contributed by atoms with Gasteiger partial charge in [0.25, 0.3) is 5.88 Å². The maximum Gasteiger partial charge on any atom is 0.425 e. The van der Waals surface area contributed by atoms with Crippen LogP contribution >= 0.6 is 0 Å². The molecular formula is C6H6F3N3O3. The first kappa shape index (κ1) is 11.3. The topological polar surface area (TPSA) is 81.0 Å². The van der Waals surface area contributed by atoms with E-state index in [0.717, 1.165) is 13.1 Å². The highest BCUT2D eigenvalue weighted by Crippen LogP contribution is 2.28. The summed E-state index contributed by atoms with van der Waals surface area (Å²) in [5.74, 6) is -0.607. The van der Waals surface area contributed by atoms with Crippen molar-refractivity contribution in [3.8, 4) is 5.88 Å². The van der Waals surface area contributed by atoms with Gasteiger partial charge in [0.1, 0.15) is 6.20 Å². The third-order valence-electron chi connectivity index (χ3n) is 1.54. The van der Waals surface area contributed by atoms with E-state index in [4.69, 9.17) is 0 Å². The minimum absolute atomic E-state index is 0.607. The van der Waals surface area contributed by atoms with E-state index in [9.17, 15) is 23.3 Å². The van der Waals surface area contributed by atoms with E-state index >= 15 is 0 Å². The quantitative estimate of drug-likeness (QED) is 0.626. The second-order valence-corrected chi connectivity index (χ2v) is 2.64. The number of H-pyrrole nitrogens is 1. The van der Waals surface area contributed by atoms with E-state index in [1.807, 2.05) is 5.10 Å². The Morgan fingerprint density at radius 1 is 1.67 bits per heavy atom. The Kier molecular flexibility index (Phi) is 2.82. The minimum atomic E-state index is -4.58. The van der Waals surface area contributed by atoms with Crippen LogP contribution in [0.2, 0.25) is 0 Å². The van der Waals surface area contributed by atoms with Crippen LogP contribution < -0.4 is 4.74 Å². The SMILES string of the molecule is CC(Oc1[nH]ncc1[N+](=O)[O-])C(F)(F)F. The fourth-order valence-corrected chi connectivity index (χ4v) is 0.728. The second kappa shape index (κ2) is 3.75. The maximum atomic E-state index is 12.0. The molecular weight excluding hydrogens is 219 g/mol. The number of halogens is 3. The monoisotopic (exact) mass is 225 g/mol. The van der Waals surface area contributed by atoms with E-state index in [2.05, 4.69) is 9.84 Å². The molecule has 0 aromatic carbocycles. The summed E-state index contributed by atoms with van der Waals surface area (Å²) in [5, 5.41) is 15.5. The Morgan fingerprint density at radius 2 is 2.27 bits per heavy atom. The molecule has 1 aromatic rings. The molecule has 0 aliphatic heterocycles. The lowest BCUT2D eigenvalue weighted by molar-refractivity contribution is -0.386. The van der Waals surface area contributed by atoms with Crippen molar-refractivity contribution in [1.82, 2.24) is 10.2 Å². The van der Waals surface area contributed by atoms with Crippen molar-refractivity contribution in [2.75, 3.05) is 0 Å². The summed E-state index contributed by atoms with van der Waals surface area (Å²) >= 11 is 0. The first-order chi connectivity index (χ1) is 6.82. The molecule has 84 valence electrons. The van der Waals surface area contributed by atoms with Crippen molar-refractivity contribution in [2.45, 2.75) is 19.2 Å². The highest BCUT2D eigenvalue weighted by atomic mass is 19.4. The van der Waals surface area contributed by atoms with Gasteiger partial charge in [-0.3, -0.25) is 10.1 Å². The Labute approximate surface area is 81.2 Å². The predicted octanol–water partition coefficient (Wildman–Crippen LogP) is 1.65. The van der Waals surface area contributed by atoms with Gasteiger partial charge in [-0.1, -0.05) is 0 Å². The minimum Gasteiger partial charge on any atom is -0.460 e. The number of aromatic nitrogens is 2. The van der Waals surface area contributed by atoms with Gasteiger partial charge in [-0.15, -0.1) is 0 Å². The summed E-state index contributed by atoms with van der Waals surface area (Å²) in [6.45, 7) is 0.741. The molecule has 0 spiro atoms. The van der Waals surface area contributed by atoms with Crippen molar-refractivity contribution in [3.05, 3.63) is 16.3 Å². The Balaban J connectivity index is 2.81. The molecule has 0 saturated heterocycles. The summed E-state index contributed by atoms with van der Waals surface area (Å²) in [7, 11) is 0. The Hall–Kier alpha value is -1.80. The summed E-state index contributed by atoms with van der Waals surface area (Å²) in [6, 6.07) is 0. The van der Waals surface area contributed by atoms with Crippen LogP contribution in [0.25, 0.3) is 0 Å². The molecule has 0 fully saturated rings. The van der Waals surface area contributed by atoms with E-state index in [0.29, 0.717) is 0 Å². The van der Waals surface area contributed by atoms with Crippen LogP contribution in [0.1, 0.15) is 6.92 Å². The second-order valence-electron chi connectivity index (χ2n) is 2.64. The van der Waals surface area contributed by atoms with Crippen LogP contribution in [0.4, 0.5) is 18.9 Å². The number of nitrogens with one attached hydrogen (secondary N) is 1. The zero-order chi connectivity index (χ0) is 11.6. The zero-order valence-electron chi connectivity index (χ0n) is 7.41. The summed E-state index contributed by atoms with van der Waals surface area (Å²) < 4.78 is 40.5. The molecule has 1 N–H and O–H groups in total. The highest BCUT2D eigenvalue weighted by Gasteiger charge is 2.39. The molecule has 1 atom stereocenters. The van der Waals surface area contributed by atoms with Crippen molar-refractivity contribution >= 4 is 5.69 Å². The lowest BCUT2D eigenvalue weighted by Crippen LogP contribution is -2.31. The van der Waals surface area contributed by atoms with Gasteiger partial charge in [0.2, 0.25) is 0 Å². The number of nitrogens with zero attached hydrogens (tertiary/aromatic N) is 2. The van der Waals surface area contributed by atoms with Gasteiger partial charge in [-0.25, -0.2) is 5.10 Å². The number of hydrogen-bond donors (Lipinski definition) is 1. The smallest absolute Gasteiger partial charge is 0.425 e. The average Bonchev–Trinajstić information content (AvgIpc) is 2.50. The maximum absolute atomic E-state index is 12.0. The Bertz CT molecular complexity index is 362. The molecule has 0 radical (unpaired) electrons. The first-order valence-electron chi connectivity index (χ1n) is 3.73. The zero-order valence-corrected chi connectivity index (χ0v) is 7.41. The number of aromatic amines is 1. The molecule has 15 heavy (non-hydrogen) atoms. The molecule has 0 aliphatic rings. The fourth-order valence-electron chi connectivity index (χ4n) is 0.728. The van der Waals surface area contributed by atoms with Gasteiger partial charge in [-0.2, -0.15) is 18.3 Å². The summed E-state index contributed by atoms with van der Waals surface area (Å²) in [6.07, 6.45) is -5.95. The lowest BCUT2D eigenvalue weighted by Gasteiger charge is -2.15. The molecule has 1 rings (SSSR count). The van der Waals surface area contributed by atoms with Crippen molar-refractivity contribution in [3.63, 3.8) is 0 Å². The molecule has 9 heteroatoms. The van der Waals surface area contributed by atoms with Crippen LogP contribution in [0.5, 0.6) is 5.88 Å². The number of nitro groups is 1. The van der Waals surface area contributed by atoms with Crippen LogP contribution in [0.3, 0.4) is 0 Å². The highest BCUT2D eigenvalue weighted by molar-refractivity contribution is 5.37. The molecule has 0 amide bonds. The predicted molar refractivity (Wildman–Crippen MR) is 41.4 cm³/mol. The summed E-state index contributed by atoms with van der Waals surface area (Å²) in [5.41, 5.74) is -0.633. The molecule has 6 nitrogen and oxygen atoms in total. The van der Waals surface area contributed by atoms with Gasteiger partial charge in [-0.05, 0) is 6.92 Å². The third kappa shape index (κ3) is 2.58. The normalized spacial score (nSPS) is 13.6. The average molecular weight is 225 g/mol. The molecule has 1 heterocycles. The van der Waals surface area contributed by atoms with Crippen molar-refractivity contribution in [2.24, 2.45) is 0 Å². The standard InChI is InChI=1S/C6H6F3N3O3/c1-3(6(7,8)9)15-5-4(12(13)14)2-10-11-5/h2-3H,1H3,(H,10,11). The van der Waals surface area contributed by atoms with Crippen molar-refractivity contribution < 1.29 is 22.8 Å². The largest absolute Gasteiger partial charge is 0.460 e. The Morgan fingerprint density at radius 3 is 2.73 bits per heavy atom. The first-order valence-corrected chi connectivity index (χ1v) is 3.73. The van der Waals surface area contributed by atoms with E-state index < -0.39 is 28.8 Å². The number of hydrogen-bond acceptors (Lipinski definition) is 4. The molecule has 0 aliphatic carbocycles. The molecule has 0 bridgehead atoms. The number of rotatable bonds is 3. The van der Waals surface area contributed by atoms with E-state index in [1.54, 1.807) is 0 Å². The fraction of sp³-hybridized carbons (Fsp3) is 0.500. The number of alkyl halides is 3. The van der Waals surface area contributed by atoms with E-state index in [-0.39, 0.29) is 0 Å². The van der Waals surface area contributed by atoms with Crippen LogP contribution in [0, 0.1) is 10.1 Å². The van der Waals surface area contributed by atoms with Crippen LogP contribution in [-0.4, -0.2) is 27.4 Å².